The van der Waals surface area contributed by atoms with Crippen LogP contribution in [0.15, 0.2) is 6.20 Å². The summed E-state index contributed by atoms with van der Waals surface area (Å²) in [6.07, 6.45) is 5.95. The second kappa shape index (κ2) is 6.97. The van der Waals surface area contributed by atoms with E-state index in [0.717, 1.165) is 31.5 Å². The van der Waals surface area contributed by atoms with Gasteiger partial charge in [0.15, 0.2) is 0 Å². The van der Waals surface area contributed by atoms with Gasteiger partial charge < -0.3 is 10.2 Å². The van der Waals surface area contributed by atoms with Gasteiger partial charge in [0.2, 0.25) is 0 Å². The van der Waals surface area contributed by atoms with Gasteiger partial charge in [-0.2, -0.15) is 11.8 Å². The highest BCUT2D eigenvalue weighted by molar-refractivity contribution is 7.99. The van der Waals surface area contributed by atoms with Gasteiger partial charge in [0.05, 0.1) is 17.6 Å². The molecule has 1 aromatic rings. The lowest BCUT2D eigenvalue weighted by atomic mass is 10.2. The predicted molar refractivity (Wildman–Crippen MR) is 90.1 cm³/mol. The standard InChI is InChI=1S/C16H26N4S/c1-12(2)16-18-11-15(20-6-3-8-21-9-7-20)14(19-16)10-17-13-4-5-13/h11-13,17H,3-10H2,1-2H3. The fraction of sp³-hybridized carbons (Fsp3) is 0.750. The highest BCUT2D eigenvalue weighted by Crippen LogP contribution is 2.25. The number of nitrogens with zero attached hydrogens (tertiary/aromatic N) is 3. The van der Waals surface area contributed by atoms with Crippen molar-refractivity contribution in [3.05, 3.63) is 17.7 Å². The molecule has 1 saturated carbocycles. The van der Waals surface area contributed by atoms with Gasteiger partial charge in [-0.05, 0) is 25.0 Å². The lowest BCUT2D eigenvalue weighted by Gasteiger charge is -2.25. The van der Waals surface area contributed by atoms with Crippen molar-refractivity contribution in [2.24, 2.45) is 0 Å². The van der Waals surface area contributed by atoms with Gasteiger partial charge in [-0.3, -0.25) is 0 Å². The molecule has 1 saturated heterocycles. The average Bonchev–Trinajstić information content (AvgIpc) is 3.31. The van der Waals surface area contributed by atoms with Gasteiger partial charge in [-0.25, -0.2) is 9.97 Å². The highest BCUT2D eigenvalue weighted by Gasteiger charge is 2.22. The number of anilines is 1. The van der Waals surface area contributed by atoms with Crippen LogP contribution in [0.1, 0.15) is 50.5 Å². The molecule has 0 bridgehead atoms. The van der Waals surface area contributed by atoms with Gasteiger partial charge in [-0.1, -0.05) is 13.8 Å². The SMILES string of the molecule is CC(C)c1ncc(N2CCCSCC2)c(CNC2CC2)n1. The summed E-state index contributed by atoms with van der Waals surface area (Å²) in [5.74, 6) is 3.84. The van der Waals surface area contributed by atoms with Crippen molar-refractivity contribution in [1.29, 1.82) is 0 Å². The molecule has 0 unspecified atom stereocenters. The van der Waals surface area contributed by atoms with Gasteiger partial charge in [-0.15, -0.1) is 0 Å². The first kappa shape index (κ1) is 15.1. The molecular formula is C16H26N4S. The molecule has 1 aliphatic heterocycles. The van der Waals surface area contributed by atoms with E-state index in [1.54, 1.807) is 0 Å². The smallest absolute Gasteiger partial charge is 0.131 e. The van der Waals surface area contributed by atoms with Crippen LogP contribution in [0.3, 0.4) is 0 Å². The van der Waals surface area contributed by atoms with E-state index in [1.807, 2.05) is 0 Å². The summed E-state index contributed by atoms with van der Waals surface area (Å²) >= 11 is 2.06. The molecule has 5 heteroatoms. The predicted octanol–water partition coefficient (Wildman–Crippen LogP) is 2.80. The van der Waals surface area contributed by atoms with E-state index in [9.17, 15) is 0 Å². The maximum absolute atomic E-state index is 4.86. The molecule has 3 rings (SSSR count). The van der Waals surface area contributed by atoms with E-state index < -0.39 is 0 Å². The molecule has 1 aromatic heterocycles. The van der Waals surface area contributed by atoms with Gasteiger partial charge in [0.25, 0.3) is 0 Å². The number of hydrogen-bond donors (Lipinski definition) is 1. The summed E-state index contributed by atoms with van der Waals surface area (Å²) in [7, 11) is 0. The lowest BCUT2D eigenvalue weighted by molar-refractivity contribution is 0.653. The van der Waals surface area contributed by atoms with Crippen LogP contribution in [0.5, 0.6) is 0 Å². The summed E-state index contributed by atoms with van der Waals surface area (Å²) < 4.78 is 0. The maximum Gasteiger partial charge on any atom is 0.131 e. The first-order valence-corrected chi connectivity index (χ1v) is 9.31. The van der Waals surface area contributed by atoms with E-state index in [1.165, 1.54) is 42.1 Å². The van der Waals surface area contributed by atoms with Crippen molar-refractivity contribution in [2.75, 3.05) is 29.5 Å². The van der Waals surface area contributed by atoms with Crippen LogP contribution in [0.4, 0.5) is 5.69 Å². The topological polar surface area (TPSA) is 41.1 Å². The number of aromatic nitrogens is 2. The van der Waals surface area contributed by atoms with Crippen molar-refractivity contribution >= 4 is 17.4 Å². The Labute approximate surface area is 132 Å². The van der Waals surface area contributed by atoms with E-state index in [2.05, 4.69) is 47.0 Å². The Morgan fingerprint density at radius 1 is 1.33 bits per heavy atom. The number of nitrogens with one attached hydrogen (secondary N) is 1. The molecular weight excluding hydrogens is 280 g/mol. The Balaban J connectivity index is 1.81. The van der Waals surface area contributed by atoms with E-state index in [0.29, 0.717) is 5.92 Å². The Morgan fingerprint density at radius 2 is 2.19 bits per heavy atom. The van der Waals surface area contributed by atoms with E-state index in [-0.39, 0.29) is 0 Å². The fourth-order valence-corrected chi connectivity index (χ4v) is 3.50. The monoisotopic (exact) mass is 306 g/mol. The number of thioether (sulfide) groups is 1. The molecule has 2 fully saturated rings. The third kappa shape index (κ3) is 4.10. The Hall–Kier alpha value is -0.810. The highest BCUT2D eigenvalue weighted by atomic mass is 32.2. The van der Waals surface area contributed by atoms with Crippen LogP contribution in [-0.4, -0.2) is 40.6 Å². The van der Waals surface area contributed by atoms with Crippen LogP contribution < -0.4 is 10.2 Å². The van der Waals surface area contributed by atoms with Crippen molar-refractivity contribution in [1.82, 2.24) is 15.3 Å². The molecule has 0 atom stereocenters. The number of rotatable bonds is 5. The fourth-order valence-electron chi connectivity index (χ4n) is 2.61. The third-order valence-corrected chi connectivity index (χ3v) is 5.13. The van der Waals surface area contributed by atoms with Gasteiger partial charge >= 0.3 is 0 Å². The van der Waals surface area contributed by atoms with Crippen LogP contribution in [-0.2, 0) is 6.54 Å². The maximum atomic E-state index is 4.86. The summed E-state index contributed by atoms with van der Waals surface area (Å²) in [5.41, 5.74) is 2.43. The third-order valence-electron chi connectivity index (χ3n) is 4.08. The first-order valence-electron chi connectivity index (χ1n) is 8.16. The molecule has 4 nitrogen and oxygen atoms in total. The zero-order valence-electron chi connectivity index (χ0n) is 13.1. The van der Waals surface area contributed by atoms with Crippen LogP contribution in [0.25, 0.3) is 0 Å². The minimum atomic E-state index is 0.387. The van der Waals surface area contributed by atoms with E-state index in [4.69, 9.17) is 4.98 Å². The summed E-state index contributed by atoms with van der Waals surface area (Å²) in [6.45, 7) is 7.45. The summed E-state index contributed by atoms with van der Waals surface area (Å²) in [5, 5.41) is 3.61. The Morgan fingerprint density at radius 3 is 2.95 bits per heavy atom. The molecule has 0 radical (unpaired) electrons. The quantitative estimate of drug-likeness (QED) is 0.906. The second-order valence-electron chi connectivity index (χ2n) is 6.32. The van der Waals surface area contributed by atoms with Crippen LogP contribution >= 0.6 is 11.8 Å². The molecule has 2 aliphatic rings. The number of hydrogen-bond acceptors (Lipinski definition) is 5. The zero-order valence-corrected chi connectivity index (χ0v) is 14.0. The Kier molecular flexibility index (Phi) is 5.01. The largest absolute Gasteiger partial charge is 0.368 e. The minimum Gasteiger partial charge on any atom is -0.368 e. The molecule has 116 valence electrons. The molecule has 1 aliphatic carbocycles. The zero-order chi connectivity index (χ0) is 14.7. The second-order valence-corrected chi connectivity index (χ2v) is 7.55. The van der Waals surface area contributed by atoms with Crippen molar-refractivity contribution in [2.45, 2.75) is 51.6 Å². The lowest BCUT2D eigenvalue weighted by Crippen LogP contribution is -2.29. The molecule has 21 heavy (non-hydrogen) atoms. The van der Waals surface area contributed by atoms with E-state index >= 15 is 0 Å². The molecule has 2 heterocycles. The van der Waals surface area contributed by atoms with Crippen molar-refractivity contribution in [3.8, 4) is 0 Å². The van der Waals surface area contributed by atoms with Crippen molar-refractivity contribution in [3.63, 3.8) is 0 Å². The molecule has 0 aromatic carbocycles. The van der Waals surface area contributed by atoms with Crippen molar-refractivity contribution < 1.29 is 0 Å². The normalized spacial score (nSPS) is 19.9. The average molecular weight is 306 g/mol. The molecule has 0 spiro atoms. The summed E-state index contributed by atoms with van der Waals surface area (Å²) in [6, 6.07) is 0.718. The minimum absolute atomic E-state index is 0.387. The van der Waals surface area contributed by atoms with Gasteiger partial charge in [0.1, 0.15) is 5.82 Å². The van der Waals surface area contributed by atoms with Gasteiger partial charge in [0, 0.05) is 37.3 Å². The summed E-state index contributed by atoms with van der Waals surface area (Å²) in [4.78, 5) is 11.9. The molecule has 0 amide bonds. The van der Waals surface area contributed by atoms with Crippen LogP contribution in [0, 0.1) is 0 Å². The molecule has 1 N–H and O–H groups in total. The Bertz CT molecular complexity index is 465. The first-order chi connectivity index (χ1) is 10.2. The van der Waals surface area contributed by atoms with Crippen LogP contribution in [0.2, 0.25) is 0 Å².